The maximum Gasteiger partial charge on any atom is 0.417 e. The van der Waals surface area contributed by atoms with Crippen molar-refractivity contribution in [3.05, 3.63) is 59.1 Å². The number of carbonyl (C=O) groups excluding carboxylic acids is 1. The van der Waals surface area contributed by atoms with Gasteiger partial charge in [0.15, 0.2) is 0 Å². The SMILES string of the molecule is C/C=C(\N=C(C(C)C)S(=O)CCC)C(=O)N1CCc2cc(Nc3ccc(C(F)(F)F)c(P)c3)cnc2C1. The normalized spacial score (nSPS) is 15.5. The lowest BCUT2D eigenvalue weighted by Crippen LogP contribution is -2.37. The fourth-order valence-corrected chi connectivity index (χ4v) is 5.71. The van der Waals surface area contributed by atoms with Gasteiger partial charge in [0.2, 0.25) is 0 Å². The van der Waals surface area contributed by atoms with Crippen molar-refractivity contribution in [1.82, 2.24) is 9.88 Å². The molecule has 0 fully saturated rings. The van der Waals surface area contributed by atoms with E-state index in [0.29, 0.717) is 41.7 Å². The molecule has 0 aliphatic carbocycles. The van der Waals surface area contributed by atoms with E-state index in [0.717, 1.165) is 23.7 Å². The number of alkyl halides is 3. The molecule has 3 rings (SSSR count). The van der Waals surface area contributed by atoms with Gasteiger partial charge in [0, 0.05) is 23.9 Å². The van der Waals surface area contributed by atoms with E-state index in [2.05, 4.69) is 24.5 Å². The topological polar surface area (TPSA) is 74.7 Å². The smallest absolute Gasteiger partial charge is 0.354 e. The van der Waals surface area contributed by atoms with Gasteiger partial charge in [-0.05, 0) is 54.9 Å². The number of fused-ring (bicyclic) bond motifs is 1. The summed E-state index contributed by atoms with van der Waals surface area (Å²) >= 11 is 0. The van der Waals surface area contributed by atoms with Crippen molar-refractivity contribution in [1.29, 1.82) is 0 Å². The fourth-order valence-electron chi connectivity index (χ4n) is 3.97. The van der Waals surface area contributed by atoms with Crippen LogP contribution in [0.15, 0.2) is 47.2 Å². The Morgan fingerprint density at radius 3 is 2.62 bits per heavy atom. The molecule has 1 amide bonds. The third-order valence-electron chi connectivity index (χ3n) is 5.82. The monoisotopic (exact) mass is 552 g/mol. The van der Waals surface area contributed by atoms with Crippen LogP contribution in [-0.4, -0.2) is 37.3 Å². The van der Waals surface area contributed by atoms with Crippen molar-refractivity contribution in [2.24, 2.45) is 10.9 Å². The number of nitrogens with one attached hydrogen (secondary N) is 1. The Labute approximate surface area is 220 Å². The fraction of sp³-hybridized carbons (Fsp3) is 0.423. The number of allylic oxidation sites excluding steroid dienone is 1. The number of nitrogens with zero attached hydrogens (tertiary/aromatic N) is 3. The van der Waals surface area contributed by atoms with Crippen LogP contribution in [0, 0.1) is 5.92 Å². The molecule has 1 N–H and O–H groups in total. The van der Waals surface area contributed by atoms with E-state index in [9.17, 15) is 22.2 Å². The van der Waals surface area contributed by atoms with Gasteiger partial charge in [-0.15, -0.1) is 9.24 Å². The van der Waals surface area contributed by atoms with Crippen molar-refractivity contribution in [2.75, 3.05) is 17.6 Å². The van der Waals surface area contributed by atoms with Crippen LogP contribution >= 0.6 is 9.24 Å². The zero-order chi connectivity index (χ0) is 27.3. The highest BCUT2D eigenvalue weighted by molar-refractivity contribution is 8.00. The number of halogens is 3. The second-order valence-electron chi connectivity index (χ2n) is 9.06. The number of hydrogen-bond donors (Lipinski definition) is 1. The molecule has 2 aromatic rings. The summed E-state index contributed by atoms with van der Waals surface area (Å²) in [4.78, 5) is 23.9. The molecule has 1 aliphatic heterocycles. The van der Waals surface area contributed by atoms with Crippen LogP contribution in [0.4, 0.5) is 24.5 Å². The third kappa shape index (κ3) is 7.26. The number of benzene rings is 1. The summed E-state index contributed by atoms with van der Waals surface area (Å²) in [5.41, 5.74) is 2.46. The molecule has 200 valence electrons. The third-order valence-corrected chi connectivity index (χ3v) is 8.11. The summed E-state index contributed by atoms with van der Waals surface area (Å²) in [7, 11) is 0.890. The van der Waals surface area contributed by atoms with E-state index in [1.807, 2.05) is 26.8 Å². The second kappa shape index (κ2) is 12.3. The number of hydrogen-bond acceptors (Lipinski definition) is 5. The Balaban J connectivity index is 1.74. The summed E-state index contributed by atoms with van der Waals surface area (Å²) in [6, 6.07) is 5.76. The molecule has 0 spiro atoms. The van der Waals surface area contributed by atoms with Gasteiger partial charge in [0.05, 0.1) is 40.5 Å². The van der Waals surface area contributed by atoms with Gasteiger partial charge >= 0.3 is 6.18 Å². The minimum absolute atomic E-state index is 0.0446. The first-order valence-corrected chi connectivity index (χ1v) is 14.0. The molecule has 1 aliphatic rings. The number of carbonyl (C=O) groups is 1. The molecule has 11 heteroatoms. The van der Waals surface area contributed by atoms with Gasteiger partial charge in [-0.1, -0.05) is 26.8 Å². The molecule has 2 heterocycles. The van der Waals surface area contributed by atoms with Crippen molar-refractivity contribution in [3.8, 4) is 0 Å². The summed E-state index contributed by atoms with van der Waals surface area (Å²) < 4.78 is 51.7. The van der Waals surface area contributed by atoms with Gasteiger partial charge in [-0.3, -0.25) is 14.0 Å². The van der Waals surface area contributed by atoms with Gasteiger partial charge in [0.25, 0.3) is 5.91 Å². The van der Waals surface area contributed by atoms with Crippen molar-refractivity contribution >= 4 is 47.7 Å². The van der Waals surface area contributed by atoms with Gasteiger partial charge in [0.1, 0.15) is 10.7 Å². The molecule has 37 heavy (non-hydrogen) atoms. The highest BCUT2D eigenvalue weighted by Gasteiger charge is 2.32. The molecule has 0 radical (unpaired) electrons. The van der Waals surface area contributed by atoms with E-state index in [4.69, 9.17) is 0 Å². The molecule has 0 saturated carbocycles. The zero-order valence-electron chi connectivity index (χ0n) is 21.4. The minimum Gasteiger partial charge on any atom is -0.354 e. The lowest BCUT2D eigenvalue weighted by Gasteiger charge is -2.28. The highest BCUT2D eigenvalue weighted by atomic mass is 32.2. The average molecular weight is 553 g/mol. The lowest BCUT2D eigenvalue weighted by atomic mass is 10.0. The summed E-state index contributed by atoms with van der Waals surface area (Å²) in [6.45, 7) is 8.32. The Morgan fingerprint density at radius 2 is 2.03 bits per heavy atom. The number of rotatable bonds is 7. The second-order valence-corrected chi connectivity index (χ2v) is 11.2. The number of aromatic nitrogens is 1. The number of anilines is 2. The number of aliphatic imine (C=N–C) groups is 1. The molecule has 1 aromatic carbocycles. The van der Waals surface area contributed by atoms with E-state index in [1.54, 1.807) is 24.1 Å². The molecule has 6 nitrogen and oxygen atoms in total. The van der Waals surface area contributed by atoms with E-state index >= 15 is 0 Å². The molecule has 0 bridgehead atoms. The van der Waals surface area contributed by atoms with Crippen LogP contribution in [-0.2, 0) is 34.7 Å². The van der Waals surface area contributed by atoms with Crippen LogP contribution in [0.25, 0.3) is 0 Å². The Bertz CT molecular complexity index is 1240. The Hall–Kier alpha value is -2.58. The Morgan fingerprint density at radius 1 is 1.30 bits per heavy atom. The van der Waals surface area contributed by atoms with Crippen molar-refractivity contribution in [3.63, 3.8) is 0 Å². The molecular weight excluding hydrogens is 520 g/mol. The van der Waals surface area contributed by atoms with E-state index in [-0.39, 0.29) is 22.8 Å². The van der Waals surface area contributed by atoms with Crippen LogP contribution in [0.2, 0.25) is 0 Å². The van der Waals surface area contributed by atoms with E-state index < -0.39 is 22.5 Å². The van der Waals surface area contributed by atoms with Crippen LogP contribution < -0.4 is 10.6 Å². The molecule has 0 saturated heterocycles. The summed E-state index contributed by atoms with van der Waals surface area (Å²) in [5.74, 6) is 0.225. The highest BCUT2D eigenvalue weighted by Crippen LogP contribution is 2.31. The van der Waals surface area contributed by atoms with Gasteiger partial charge in [-0.25, -0.2) is 4.99 Å². The lowest BCUT2D eigenvalue weighted by molar-refractivity contribution is -0.136. The Kier molecular flexibility index (Phi) is 9.64. The average Bonchev–Trinajstić information content (AvgIpc) is 2.83. The van der Waals surface area contributed by atoms with Crippen LogP contribution in [0.1, 0.15) is 50.9 Å². The van der Waals surface area contributed by atoms with Crippen molar-refractivity contribution < 1.29 is 22.2 Å². The van der Waals surface area contributed by atoms with Crippen molar-refractivity contribution in [2.45, 2.75) is 53.3 Å². The minimum atomic E-state index is -4.41. The standard InChI is InChI=1S/C26H32F3N4O2PS/c1-5-11-37(35)24(16(3)4)32-21(6-2)25(34)33-10-9-17-12-19(14-30-22(17)15-33)31-18-7-8-20(23(36)13-18)26(27,28)29/h6-8,12-14,16,31H,5,9-11,15,36H2,1-4H3/b21-6-,32-24?. The van der Waals surface area contributed by atoms with Crippen LogP contribution in [0.3, 0.4) is 0 Å². The molecule has 1 aromatic heterocycles. The maximum absolute atomic E-state index is 13.2. The van der Waals surface area contributed by atoms with Gasteiger partial charge in [-0.2, -0.15) is 13.2 Å². The predicted molar refractivity (Wildman–Crippen MR) is 147 cm³/mol. The maximum atomic E-state index is 13.2. The number of pyridine rings is 1. The number of amides is 1. The summed E-state index contributed by atoms with van der Waals surface area (Å²) in [6.07, 6.45) is 0.180. The summed E-state index contributed by atoms with van der Waals surface area (Å²) in [5, 5.41) is 3.68. The first-order valence-electron chi connectivity index (χ1n) is 12.1. The predicted octanol–water partition coefficient (Wildman–Crippen LogP) is 5.35. The molecule has 2 unspecified atom stereocenters. The zero-order valence-corrected chi connectivity index (χ0v) is 23.3. The van der Waals surface area contributed by atoms with Crippen LogP contribution in [0.5, 0.6) is 0 Å². The van der Waals surface area contributed by atoms with Gasteiger partial charge < -0.3 is 10.2 Å². The first-order chi connectivity index (χ1) is 17.4. The first kappa shape index (κ1) is 29.0. The quantitative estimate of drug-likeness (QED) is 0.218. The van der Waals surface area contributed by atoms with E-state index in [1.165, 1.54) is 12.1 Å². The molecular formula is C26H32F3N4O2PS. The molecule has 2 atom stereocenters. The largest absolute Gasteiger partial charge is 0.417 e.